The molecule has 6 aromatic rings. The maximum absolute atomic E-state index is 2.32. The Morgan fingerprint density at radius 1 is 0.350 bits per heavy atom. The predicted molar refractivity (Wildman–Crippen MR) is 171 cm³/mol. The van der Waals surface area contributed by atoms with Crippen LogP contribution in [0.15, 0.2) is 158 Å². The largest absolute Gasteiger partial charge is 0.345 e. The van der Waals surface area contributed by atoms with Crippen molar-refractivity contribution in [2.45, 2.75) is 6.92 Å². The highest BCUT2D eigenvalue weighted by atomic mass is 15.1. The Balaban J connectivity index is 1.30. The van der Waals surface area contributed by atoms with Gasteiger partial charge in [-0.15, -0.1) is 0 Å². The van der Waals surface area contributed by atoms with Crippen molar-refractivity contribution in [1.82, 2.24) is 0 Å². The van der Waals surface area contributed by atoms with Crippen molar-refractivity contribution >= 4 is 28.4 Å². The molecule has 0 radical (unpaired) electrons. The van der Waals surface area contributed by atoms with Crippen LogP contribution in [0, 0.1) is 6.92 Å². The molecule has 0 bridgehead atoms. The molecular weight excluding hydrogens is 484 g/mol. The Bertz CT molecular complexity index is 1690. The maximum Gasteiger partial charge on any atom is 0.0467 e. The molecule has 0 unspecified atom stereocenters. The summed E-state index contributed by atoms with van der Waals surface area (Å²) in [5.74, 6) is 0. The van der Waals surface area contributed by atoms with E-state index in [-0.39, 0.29) is 0 Å². The summed E-state index contributed by atoms with van der Waals surface area (Å²) in [4.78, 5) is 4.54. The first-order valence-corrected chi connectivity index (χ1v) is 13.7. The number of nitrogens with zero attached hydrogens (tertiary/aromatic N) is 2. The molecule has 2 heteroatoms. The fraction of sp³-hybridized carbons (Fsp3) is 0.0526. The van der Waals surface area contributed by atoms with Gasteiger partial charge in [0, 0.05) is 35.5 Å². The van der Waals surface area contributed by atoms with Gasteiger partial charge in [-0.1, -0.05) is 97.1 Å². The van der Waals surface area contributed by atoms with E-state index in [9.17, 15) is 0 Å². The highest BCUT2D eigenvalue weighted by Crippen LogP contribution is 2.37. The molecule has 40 heavy (non-hydrogen) atoms. The van der Waals surface area contributed by atoms with E-state index in [4.69, 9.17) is 0 Å². The Labute approximate surface area is 237 Å². The van der Waals surface area contributed by atoms with Gasteiger partial charge in [-0.05, 0) is 95.4 Å². The molecule has 0 atom stereocenters. The summed E-state index contributed by atoms with van der Waals surface area (Å²) in [6, 6.07) is 56.1. The lowest BCUT2D eigenvalue weighted by atomic mass is 10.0. The molecule has 0 saturated heterocycles. The van der Waals surface area contributed by atoms with Gasteiger partial charge in [0.05, 0.1) is 0 Å². The summed E-state index contributed by atoms with van der Waals surface area (Å²) in [6.45, 7) is 2.13. The molecular formula is C38H32N2. The second kappa shape index (κ2) is 11.3. The van der Waals surface area contributed by atoms with E-state index in [2.05, 4.69) is 181 Å². The van der Waals surface area contributed by atoms with E-state index in [1.165, 1.54) is 39.2 Å². The topological polar surface area (TPSA) is 6.48 Å². The zero-order valence-corrected chi connectivity index (χ0v) is 22.9. The van der Waals surface area contributed by atoms with Gasteiger partial charge in [0.25, 0.3) is 0 Å². The number of para-hydroxylation sites is 1. The van der Waals surface area contributed by atoms with Crippen molar-refractivity contribution in [3.8, 4) is 22.3 Å². The van der Waals surface area contributed by atoms with Crippen LogP contribution in [0.4, 0.5) is 28.4 Å². The second-order valence-corrected chi connectivity index (χ2v) is 10.1. The highest BCUT2D eigenvalue weighted by Gasteiger charge is 2.14. The van der Waals surface area contributed by atoms with E-state index in [1.807, 2.05) is 0 Å². The van der Waals surface area contributed by atoms with Gasteiger partial charge in [0.15, 0.2) is 0 Å². The quantitative estimate of drug-likeness (QED) is 0.208. The molecule has 0 fully saturated rings. The third-order valence-corrected chi connectivity index (χ3v) is 7.33. The summed E-state index contributed by atoms with van der Waals surface area (Å²) in [7, 11) is 2.11. The smallest absolute Gasteiger partial charge is 0.0467 e. The van der Waals surface area contributed by atoms with Gasteiger partial charge >= 0.3 is 0 Å². The summed E-state index contributed by atoms with van der Waals surface area (Å²) in [6.07, 6.45) is 0. The summed E-state index contributed by atoms with van der Waals surface area (Å²) in [5, 5.41) is 0. The van der Waals surface area contributed by atoms with Crippen LogP contribution in [-0.4, -0.2) is 7.05 Å². The SMILES string of the molecule is Cc1cccc(N(C)c2ccc(-c3ccc(N(c4ccccc4)c4cccc(-c5ccccc5)c4)cc3)cc2)c1. The van der Waals surface area contributed by atoms with Crippen LogP contribution < -0.4 is 9.80 Å². The third kappa shape index (κ3) is 5.39. The maximum atomic E-state index is 2.32. The van der Waals surface area contributed by atoms with E-state index in [0.717, 1.165) is 17.1 Å². The first-order valence-electron chi connectivity index (χ1n) is 13.7. The fourth-order valence-electron chi connectivity index (χ4n) is 5.15. The van der Waals surface area contributed by atoms with Gasteiger partial charge in [0.1, 0.15) is 0 Å². The fourth-order valence-corrected chi connectivity index (χ4v) is 5.15. The first-order chi connectivity index (χ1) is 19.7. The van der Waals surface area contributed by atoms with Crippen LogP contribution in [0.25, 0.3) is 22.3 Å². The molecule has 0 aromatic heterocycles. The Hall–Kier alpha value is -5.08. The number of aryl methyl sites for hydroxylation is 1. The zero-order valence-electron chi connectivity index (χ0n) is 22.9. The zero-order chi connectivity index (χ0) is 27.3. The van der Waals surface area contributed by atoms with Crippen LogP contribution in [0.2, 0.25) is 0 Å². The Kier molecular flexibility index (Phi) is 7.15. The molecule has 6 rings (SSSR count). The minimum absolute atomic E-state index is 1.12. The van der Waals surface area contributed by atoms with Crippen LogP contribution in [0.3, 0.4) is 0 Å². The van der Waals surface area contributed by atoms with E-state index < -0.39 is 0 Å². The lowest BCUT2D eigenvalue weighted by molar-refractivity contribution is 1.20. The van der Waals surface area contributed by atoms with Crippen molar-refractivity contribution in [3.05, 3.63) is 163 Å². The molecule has 0 aliphatic heterocycles. The summed E-state index contributed by atoms with van der Waals surface area (Å²) >= 11 is 0. The molecule has 6 aromatic carbocycles. The monoisotopic (exact) mass is 516 g/mol. The molecule has 0 N–H and O–H groups in total. The van der Waals surface area contributed by atoms with Gasteiger partial charge in [-0.3, -0.25) is 0 Å². The normalized spacial score (nSPS) is 10.8. The second-order valence-electron chi connectivity index (χ2n) is 10.1. The average Bonchev–Trinajstić information content (AvgIpc) is 3.02. The van der Waals surface area contributed by atoms with Crippen molar-refractivity contribution < 1.29 is 0 Å². The lowest BCUT2D eigenvalue weighted by Gasteiger charge is -2.26. The molecule has 0 heterocycles. The predicted octanol–water partition coefficient (Wildman–Crippen LogP) is 10.6. The summed E-state index contributed by atoms with van der Waals surface area (Å²) < 4.78 is 0. The first kappa shape index (κ1) is 25.2. The van der Waals surface area contributed by atoms with Gasteiger partial charge in [0.2, 0.25) is 0 Å². The average molecular weight is 517 g/mol. The summed E-state index contributed by atoms with van der Waals surface area (Å²) in [5.41, 5.74) is 11.8. The Morgan fingerprint density at radius 3 is 1.48 bits per heavy atom. The minimum Gasteiger partial charge on any atom is -0.345 e. The van der Waals surface area contributed by atoms with Gasteiger partial charge in [-0.25, -0.2) is 0 Å². The minimum atomic E-state index is 1.12. The number of hydrogen-bond acceptors (Lipinski definition) is 2. The number of rotatable bonds is 7. The van der Waals surface area contributed by atoms with E-state index in [0.29, 0.717) is 0 Å². The van der Waals surface area contributed by atoms with Crippen LogP contribution in [0.1, 0.15) is 5.56 Å². The van der Waals surface area contributed by atoms with Crippen LogP contribution in [-0.2, 0) is 0 Å². The van der Waals surface area contributed by atoms with E-state index in [1.54, 1.807) is 0 Å². The van der Waals surface area contributed by atoms with Gasteiger partial charge < -0.3 is 9.80 Å². The lowest BCUT2D eigenvalue weighted by Crippen LogP contribution is -2.10. The molecule has 194 valence electrons. The van der Waals surface area contributed by atoms with Crippen molar-refractivity contribution in [3.63, 3.8) is 0 Å². The van der Waals surface area contributed by atoms with E-state index >= 15 is 0 Å². The molecule has 2 nitrogen and oxygen atoms in total. The van der Waals surface area contributed by atoms with Gasteiger partial charge in [-0.2, -0.15) is 0 Å². The standard InChI is InChI=1S/C38H32N2/c1-29-11-9-17-37(27-29)39(2)34-23-19-31(20-24-34)32-21-25-36(26-22-32)40(35-15-7-4-8-16-35)38-18-10-14-33(28-38)30-12-5-3-6-13-30/h3-28H,1-2H3. The number of benzene rings is 6. The molecule has 0 spiro atoms. The number of anilines is 5. The molecule has 0 amide bonds. The molecule has 0 aliphatic carbocycles. The number of hydrogen-bond donors (Lipinski definition) is 0. The van der Waals surface area contributed by atoms with Crippen molar-refractivity contribution in [1.29, 1.82) is 0 Å². The van der Waals surface area contributed by atoms with Crippen molar-refractivity contribution in [2.24, 2.45) is 0 Å². The van der Waals surface area contributed by atoms with Crippen LogP contribution in [0.5, 0.6) is 0 Å². The molecule has 0 saturated carbocycles. The van der Waals surface area contributed by atoms with Crippen LogP contribution >= 0.6 is 0 Å². The molecule has 0 aliphatic rings. The Morgan fingerprint density at radius 2 is 0.825 bits per heavy atom. The third-order valence-electron chi connectivity index (χ3n) is 7.33. The highest BCUT2D eigenvalue weighted by molar-refractivity contribution is 5.81. The van der Waals surface area contributed by atoms with Crippen molar-refractivity contribution in [2.75, 3.05) is 16.8 Å².